The fraction of sp³-hybridized carbons (Fsp3) is 0.600. The second kappa shape index (κ2) is 2.98. The van der Waals surface area contributed by atoms with Crippen molar-refractivity contribution in [3.05, 3.63) is 24.3 Å². The molecule has 2 fully saturated rings. The number of hydrogen-bond acceptors (Lipinski definition) is 2. The maximum atomic E-state index is 12.1. The summed E-state index contributed by atoms with van der Waals surface area (Å²) in [5.74, 6) is 2.29. The molecule has 4 rings (SSSR count). The Hall–Kier alpha value is -1.18. The molecular formula is C15H16O2. The molecule has 1 spiro atoms. The molecule has 0 aromatic heterocycles. The van der Waals surface area contributed by atoms with Gasteiger partial charge in [0.1, 0.15) is 5.78 Å². The largest absolute Gasteiger partial charge is 0.300 e. The Morgan fingerprint density at radius 1 is 1.18 bits per heavy atom. The third-order valence-electron chi connectivity index (χ3n) is 5.43. The Labute approximate surface area is 101 Å². The molecule has 17 heavy (non-hydrogen) atoms. The van der Waals surface area contributed by atoms with Crippen molar-refractivity contribution in [1.29, 1.82) is 0 Å². The van der Waals surface area contributed by atoms with Crippen LogP contribution in [0, 0.1) is 29.1 Å². The van der Waals surface area contributed by atoms with Gasteiger partial charge in [-0.05, 0) is 36.7 Å². The zero-order valence-electron chi connectivity index (χ0n) is 9.76. The van der Waals surface area contributed by atoms with Gasteiger partial charge in [0, 0.05) is 24.2 Å². The monoisotopic (exact) mass is 228 g/mol. The lowest BCUT2D eigenvalue weighted by Crippen LogP contribution is -2.41. The lowest BCUT2D eigenvalue weighted by molar-refractivity contribution is -0.124. The normalized spacial score (nSPS) is 50.6. The van der Waals surface area contributed by atoms with Crippen molar-refractivity contribution in [3.63, 3.8) is 0 Å². The molecular weight excluding hydrogens is 212 g/mol. The van der Waals surface area contributed by atoms with Crippen molar-refractivity contribution in [3.8, 4) is 0 Å². The number of hydrogen-bond donors (Lipinski definition) is 0. The predicted octanol–water partition coefficient (Wildman–Crippen LogP) is 2.30. The number of rotatable bonds is 0. The van der Waals surface area contributed by atoms with E-state index in [1.165, 1.54) is 0 Å². The van der Waals surface area contributed by atoms with Gasteiger partial charge in [-0.1, -0.05) is 18.2 Å². The highest BCUT2D eigenvalue weighted by Gasteiger charge is 2.58. The number of Topliss-reactive ketones (excluding diaryl/α,β-unsaturated/α-hetero) is 1. The van der Waals surface area contributed by atoms with Gasteiger partial charge in [-0.2, -0.15) is 0 Å². The van der Waals surface area contributed by atoms with Gasteiger partial charge in [0.05, 0.1) is 0 Å². The van der Waals surface area contributed by atoms with Crippen molar-refractivity contribution >= 4 is 11.6 Å². The quantitative estimate of drug-likeness (QED) is 0.596. The molecule has 0 heterocycles. The molecule has 0 saturated heterocycles. The van der Waals surface area contributed by atoms with Crippen LogP contribution in [-0.2, 0) is 9.59 Å². The first-order valence-corrected chi connectivity index (χ1v) is 6.63. The van der Waals surface area contributed by atoms with E-state index in [9.17, 15) is 9.59 Å². The van der Waals surface area contributed by atoms with Crippen LogP contribution < -0.4 is 0 Å². The first-order chi connectivity index (χ1) is 8.20. The summed E-state index contributed by atoms with van der Waals surface area (Å²) in [6.07, 6.45) is 11.9. The summed E-state index contributed by atoms with van der Waals surface area (Å²) in [5, 5.41) is 0. The van der Waals surface area contributed by atoms with E-state index in [0.29, 0.717) is 42.2 Å². The molecule has 0 N–H and O–H groups in total. The van der Waals surface area contributed by atoms with Gasteiger partial charge >= 0.3 is 0 Å². The van der Waals surface area contributed by atoms with Crippen LogP contribution in [0.2, 0.25) is 0 Å². The zero-order valence-corrected chi connectivity index (χ0v) is 9.76. The van der Waals surface area contributed by atoms with E-state index < -0.39 is 0 Å². The topological polar surface area (TPSA) is 34.1 Å². The summed E-state index contributed by atoms with van der Waals surface area (Å²) in [6.45, 7) is 0. The number of fused-ring (bicyclic) bond motifs is 6. The van der Waals surface area contributed by atoms with Crippen LogP contribution in [0.4, 0.5) is 0 Å². The number of carbonyl (C=O) groups excluding carboxylic acids is 2. The smallest absolute Gasteiger partial charge is 0.159 e. The van der Waals surface area contributed by atoms with Crippen LogP contribution in [0.25, 0.3) is 0 Å². The molecule has 2 nitrogen and oxygen atoms in total. The second-order valence-electron chi connectivity index (χ2n) is 6.18. The Balaban J connectivity index is 1.82. The lowest BCUT2D eigenvalue weighted by atomic mass is 9.60. The van der Waals surface area contributed by atoms with E-state index in [1.54, 1.807) is 6.08 Å². The van der Waals surface area contributed by atoms with Crippen molar-refractivity contribution < 1.29 is 9.59 Å². The Morgan fingerprint density at radius 3 is 2.76 bits per heavy atom. The molecule has 0 aliphatic heterocycles. The van der Waals surface area contributed by atoms with Crippen molar-refractivity contribution in [2.24, 2.45) is 29.1 Å². The highest BCUT2D eigenvalue weighted by molar-refractivity contribution is 5.95. The number of carbonyl (C=O) groups is 2. The summed E-state index contributed by atoms with van der Waals surface area (Å²) in [6, 6.07) is 0. The minimum Gasteiger partial charge on any atom is -0.300 e. The van der Waals surface area contributed by atoms with Crippen LogP contribution in [0.15, 0.2) is 24.3 Å². The Bertz CT molecular complexity index is 473. The maximum Gasteiger partial charge on any atom is 0.159 e. The van der Waals surface area contributed by atoms with Crippen LogP contribution in [-0.4, -0.2) is 11.6 Å². The molecule has 0 aromatic carbocycles. The summed E-state index contributed by atoms with van der Waals surface area (Å²) in [5.41, 5.74) is 0.0276. The average Bonchev–Trinajstić information content (AvgIpc) is 2.99. The third-order valence-corrected chi connectivity index (χ3v) is 5.43. The van der Waals surface area contributed by atoms with Gasteiger partial charge in [0.25, 0.3) is 0 Å². The number of allylic oxidation sites excluding steroid dienone is 4. The second-order valence-corrected chi connectivity index (χ2v) is 6.18. The molecule has 0 radical (unpaired) electrons. The SMILES string of the molecule is O=C1CC[C@]2(C=CC(=O)[C@H]3[C@@H]2[C@@H]2C=C[C@H]3C2)C1. The summed E-state index contributed by atoms with van der Waals surface area (Å²) in [4.78, 5) is 23.7. The Morgan fingerprint density at radius 2 is 2.00 bits per heavy atom. The standard InChI is InChI=1S/C15H16O2/c16-11-3-5-15(8-11)6-4-12(17)13-9-1-2-10(7-9)14(13)15/h1-2,4,6,9-10,13-14H,3,5,7-8H2/t9-,10+,13-,14-,15-/m0/s1. The molecule has 5 atom stereocenters. The first-order valence-electron chi connectivity index (χ1n) is 6.63. The van der Waals surface area contributed by atoms with Crippen molar-refractivity contribution in [2.45, 2.75) is 25.7 Å². The molecule has 2 saturated carbocycles. The molecule has 0 amide bonds. The van der Waals surface area contributed by atoms with Crippen LogP contribution in [0.5, 0.6) is 0 Å². The average molecular weight is 228 g/mol. The molecule has 88 valence electrons. The van der Waals surface area contributed by atoms with E-state index >= 15 is 0 Å². The van der Waals surface area contributed by atoms with Crippen LogP contribution in [0.3, 0.4) is 0 Å². The van der Waals surface area contributed by atoms with E-state index in [-0.39, 0.29) is 11.3 Å². The van der Waals surface area contributed by atoms with Gasteiger partial charge in [-0.25, -0.2) is 0 Å². The molecule has 2 heteroatoms. The highest BCUT2D eigenvalue weighted by atomic mass is 16.1. The summed E-state index contributed by atoms with van der Waals surface area (Å²) in [7, 11) is 0. The summed E-state index contributed by atoms with van der Waals surface area (Å²) >= 11 is 0. The van der Waals surface area contributed by atoms with Gasteiger partial charge in [-0.15, -0.1) is 0 Å². The van der Waals surface area contributed by atoms with Crippen LogP contribution in [0.1, 0.15) is 25.7 Å². The molecule has 0 unspecified atom stereocenters. The predicted molar refractivity (Wildman–Crippen MR) is 63.2 cm³/mol. The molecule has 2 bridgehead atoms. The zero-order chi connectivity index (χ0) is 11.6. The van der Waals surface area contributed by atoms with Gasteiger partial charge in [0.2, 0.25) is 0 Å². The van der Waals surface area contributed by atoms with Crippen molar-refractivity contribution in [1.82, 2.24) is 0 Å². The lowest BCUT2D eigenvalue weighted by Gasteiger charge is -2.42. The summed E-state index contributed by atoms with van der Waals surface area (Å²) < 4.78 is 0. The fourth-order valence-electron chi connectivity index (χ4n) is 4.81. The van der Waals surface area contributed by atoms with Crippen LogP contribution >= 0.6 is 0 Å². The Kier molecular flexibility index (Phi) is 1.72. The minimum absolute atomic E-state index is 0.0276. The van der Waals surface area contributed by atoms with Crippen molar-refractivity contribution in [2.75, 3.05) is 0 Å². The van der Waals surface area contributed by atoms with E-state index in [2.05, 4.69) is 18.2 Å². The molecule has 4 aliphatic rings. The highest BCUT2D eigenvalue weighted by Crippen LogP contribution is 2.61. The van der Waals surface area contributed by atoms with Gasteiger partial charge < -0.3 is 0 Å². The van der Waals surface area contributed by atoms with E-state index in [1.807, 2.05) is 0 Å². The minimum atomic E-state index is 0.0276. The third kappa shape index (κ3) is 1.11. The van der Waals surface area contributed by atoms with E-state index in [4.69, 9.17) is 0 Å². The van der Waals surface area contributed by atoms with Gasteiger partial charge in [-0.3, -0.25) is 9.59 Å². The first kappa shape index (κ1) is 9.81. The fourth-order valence-corrected chi connectivity index (χ4v) is 4.81. The van der Waals surface area contributed by atoms with Gasteiger partial charge in [0.15, 0.2) is 5.78 Å². The molecule has 0 aromatic rings. The maximum absolute atomic E-state index is 12.1. The number of ketones is 2. The molecule has 4 aliphatic carbocycles. The van der Waals surface area contributed by atoms with E-state index in [0.717, 1.165) is 12.8 Å².